The van der Waals surface area contributed by atoms with Crippen LogP contribution in [0, 0.1) is 17.1 Å². The van der Waals surface area contributed by atoms with Crippen LogP contribution in [0.5, 0.6) is 6.01 Å². The Morgan fingerprint density at radius 2 is 2.35 bits per heavy atom. The first-order valence-corrected chi connectivity index (χ1v) is 7.36. The predicted molar refractivity (Wildman–Crippen MR) is 82.4 cm³/mol. The van der Waals surface area contributed by atoms with Crippen LogP contribution in [0.15, 0.2) is 30.5 Å². The highest BCUT2D eigenvalue weighted by Gasteiger charge is 2.14. The molecule has 7 heteroatoms. The third kappa shape index (κ3) is 3.93. The topological polar surface area (TPSA) is 82.9 Å². The minimum atomic E-state index is -0.477. The van der Waals surface area contributed by atoms with Crippen molar-refractivity contribution in [3.8, 4) is 12.1 Å². The number of hydrogen-bond donors (Lipinski definition) is 2. The Morgan fingerprint density at radius 1 is 1.43 bits per heavy atom. The maximum atomic E-state index is 13.8. The number of halogens is 1. The first kappa shape index (κ1) is 15.2. The lowest BCUT2D eigenvalue weighted by Gasteiger charge is -2.12. The summed E-state index contributed by atoms with van der Waals surface area (Å²) in [5.74, 6) is 0.208. The average molecular weight is 313 g/mol. The second-order valence-electron chi connectivity index (χ2n) is 5.27. The fraction of sp³-hybridized carbons (Fsp3) is 0.312. The Labute approximate surface area is 133 Å². The molecule has 23 heavy (non-hydrogen) atoms. The van der Waals surface area contributed by atoms with Crippen LogP contribution in [0.4, 0.5) is 10.2 Å². The van der Waals surface area contributed by atoms with E-state index in [4.69, 9.17) is 10.00 Å². The molecule has 1 atom stereocenters. The minimum Gasteiger partial charge on any atom is -0.458 e. The minimum absolute atomic E-state index is 0.00593. The molecule has 2 aromatic rings. The van der Waals surface area contributed by atoms with Gasteiger partial charge in [-0.25, -0.2) is 9.37 Å². The Morgan fingerprint density at radius 3 is 3.09 bits per heavy atom. The van der Waals surface area contributed by atoms with Crippen molar-refractivity contribution in [3.63, 3.8) is 0 Å². The van der Waals surface area contributed by atoms with Crippen LogP contribution in [-0.4, -0.2) is 29.1 Å². The van der Waals surface area contributed by atoms with E-state index in [2.05, 4.69) is 20.6 Å². The second kappa shape index (κ2) is 7.03. The zero-order valence-corrected chi connectivity index (χ0v) is 12.4. The number of aromatic nitrogens is 2. The highest BCUT2D eigenvalue weighted by Crippen LogP contribution is 2.15. The number of ether oxygens (including phenoxy) is 1. The van der Waals surface area contributed by atoms with Gasteiger partial charge in [0, 0.05) is 24.3 Å². The van der Waals surface area contributed by atoms with E-state index in [0.717, 1.165) is 19.5 Å². The summed E-state index contributed by atoms with van der Waals surface area (Å²) in [6.07, 6.45) is 2.64. The van der Waals surface area contributed by atoms with Gasteiger partial charge in [0.25, 0.3) is 0 Å². The van der Waals surface area contributed by atoms with Crippen molar-refractivity contribution in [1.29, 1.82) is 5.26 Å². The maximum Gasteiger partial charge on any atom is 0.318 e. The number of rotatable bonds is 5. The van der Waals surface area contributed by atoms with Crippen molar-refractivity contribution >= 4 is 5.82 Å². The molecule has 0 unspecified atom stereocenters. The van der Waals surface area contributed by atoms with Crippen molar-refractivity contribution < 1.29 is 9.13 Å². The number of hydrogen-bond acceptors (Lipinski definition) is 6. The molecule has 1 aliphatic rings. The summed E-state index contributed by atoms with van der Waals surface area (Å²) in [5.41, 5.74) is 0.629. The van der Waals surface area contributed by atoms with E-state index in [-0.39, 0.29) is 18.2 Å². The maximum absolute atomic E-state index is 13.8. The average Bonchev–Trinajstić information content (AvgIpc) is 3.07. The molecule has 0 amide bonds. The molecular weight excluding hydrogens is 297 g/mol. The van der Waals surface area contributed by atoms with Crippen LogP contribution in [0.2, 0.25) is 0 Å². The molecule has 1 fully saturated rings. The van der Waals surface area contributed by atoms with Crippen LogP contribution in [0.1, 0.15) is 17.5 Å². The largest absolute Gasteiger partial charge is 0.458 e. The number of anilines is 1. The van der Waals surface area contributed by atoms with Gasteiger partial charge in [0.05, 0.1) is 11.6 Å². The second-order valence-corrected chi connectivity index (χ2v) is 5.27. The van der Waals surface area contributed by atoms with Gasteiger partial charge in [-0.1, -0.05) is 6.07 Å². The third-order valence-corrected chi connectivity index (χ3v) is 3.58. The third-order valence-electron chi connectivity index (χ3n) is 3.58. The summed E-state index contributed by atoms with van der Waals surface area (Å²) < 4.78 is 19.2. The van der Waals surface area contributed by atoms with Gasteiger partial charge in [-0.15, -0.1) is 0 Å². The fourth-order valence-electron chi connectivity index (χ4n) is 2.35. The molecule has 118 valence electrons. The standard InChI is InChI=1S/C16H16FN5O/c17-14-7-11(8-18)1-2-12(14)10-23-16-20-6-4-15(22-16)21-13-3-5-19-9-13/h1-2,4,6-7,13,19H,3,5,9-10H2,(H,20,21,22)/t13-/m1/s1. The first-order chi connectivity index (χ1) is 11.2. The van der Waals surface area contributed by atoms with E-state index in [1.807, 2.05) is 6.07 Å². The van der Waals surface area contributed by atoms with Crippen LogP contribution in [0.25, 0.3) is 0 Å². The first-order valence-electron chi connectivity index (χ1n) is 7.36. The number of benzene rings is 1. The van der Waals surface area contributed by atoms with E-state index in [1.165, 1.54) is 12.1 Å². The van der Waals surface area contributed by atoms with E-state index in [9.17, 15) is 4.39 Å². The summed E-state index contributed by atoms with van der Waals surface area (Å²) in [7, 11) is 0. The summed E-state index contributed by atoms with van der Waals surface area (Å²) >= 11 is 0. The van der Waals surface area contributed by atoms with E-state index in [0.29, 0.717) is 17.4 Å². The van der Waals surface area contributed by atoms with Crippen molar-refractivity contribution in [2.45, 2.75) is 19.1 Å². The number of nitrogens with zero attached hydrogens (tertiary/aromatic N) is 3. The summed E-state index contributed by atoms with van der Waals surface area (Å²) in [6, 6.07) is 8.45. The van der Waals surface area contributed by atoms with Gasteiger partial charge in [0.15, 0.2) is 0 Å². The Hall–Kier alpha value is -2.72. The van der Waals surface area contributed by atoms with Gasteiger partial charge < -0.3 is 15.4 Å². The van der Waals surface area contributed by atoms with Crippen LogP contribution < -0.4 is 15.4 Å². The lowest BCUT2D eigenvalue weighted by molar-refractivity contribution is 0.275. The molecule has 0 bridgehead atoms. The van der Waals surface area contributed by atoms with Crippen molar-refractivity contribution in [1.82, 2.24) is 15.3 Å². The zero-order chi connectivity index (χ0) is 16.1. The van der Waals surface area contributed by atoms with Crippen LogP contribution >= 0.6 is 0 Å². The Bertz CT molecular complexity index is 725. The van der Waals surface area contributed by atoms with Crippen molar-refractivity contribution in [2.24, 2.45) is 0 Å². The molecule has 3 rings (SSSR count). The molecule has 6 nitrogen and oxygen atoms in total. The van der Waals surface area contributed by atoms with E-state index < -0.39 is 5.82 Å². The van der Waals surface area contributed by atoms with E-state index >= 15 is 0 Å². The lowest BCUT2D eigenvalue weighted by Crippen LogP contribution is -2.22. The lowest BCUT2D eigenvalue weighted by atomic mass is 10.1. The quantitative estimate of drug-likeness (QED) is 0.876. The molecular formula is C16H16FN5O. The van der Waals surface area contributed by atoms with Gasteiger partial charge in [-0.3, -0.25) is 0 Å². The van der Waals surface area contributed by atoms with Gasteiger partial charge in [-0.2, -0.15) is 10.2 Å². The van der Waals surface area contributed by atoms with Crippen LogP contribution in [0.3, 0.4) is 0 Å². The molecule has 1 saturated heterocycles. The van der Waals surface area contributed by atoms with Gasteiger partial charge in [0.1, 0.15) is 18.2 Å². The Kier molecular flexibility index (Phi) is 4.64. The molecule has 0 spiro atoms. The highest BCUT2D eigenvalue weighted by atomic mass is 19.1. The molecule has 2 N–H and O–H groups in total. The smallest absolute Gasteiger partial charge is 0.318 e. The van der Waals surface area contributed by atoms with Crippen LogP contribution in [-0.2, 0) is 6.61 Å². The predicted octanol–water partition coefficient (Wildman–Crippen LogP) is 1.84. The SMILES string of the molecule is N#Cc1ccc(COc2nccc(N[C@@H]3CCNC3)n2)c(F)c1. The normalized spacial score (nSPS) is 16.8. The molecule has 1 aliphatic heterocycles. The molecule has 0 radical (unpaired) electrons. The number of nitriles is 1. The van der Waals surface area contributed by atoms with Gasteiger partial charge >= 0.3 is 6.01 Å². The molecule has 0 aliphatic carbocycles. The number of nitrogens with one attached hydrogen (secondary N) is 2. The molecule has 1 aromatic heterocycles. The molecule has 1 aromatic carbocycles. The summed E-state index contributed by atoms with van der Waals surface area (Å²) in [6.45, 7) is 1.90. The fourth-order valence-corrected chi connectivity index (χ4v) is 2.35. The van der Waals surface area contributed by atoms with Gasteiger partial charge in [-0.05, 0) is 31.2 Å². The summed E-state index contributed by atoms with van der Waals surface area (Å²) in [4.78, 5) is 8.30. The summed E-state index contributed by atoms with van der Waals surface area (Å²) in [5, 5.41) is 15.3. The Balaban J connectivity index is 1.63. The zero-order valence-electron chi connectivity index (χ0n) is 12.4. The van der Waals surface area contributed by atoms with E-state index in [1.54, 1.807) is 18.3 Å². The molecule has 2 heterocycles. The monoisotopic (exact) mass is 313 g/mol. The molecule has 0 saturated carbocycles. The van der Waals surface area contributed by atoms with Gasteiger partial charge in [0.2, 0.25) is 0 Å². The van der Waals surface area contributed by atoms with Crippen molar-refractivity contribution in [3.05, 3.63) is 47.4 Å². The highest BCUT2D eigenvalue weighted by molar-refractivity contribution is 5.36. The van der Waals surface area contributed by atoms with Crippen molar-refractivity contribution in [2.75, 3.05) is 18.4 Å².